The zero-order valence-electron chi connectivity index (χ0n) is 32.7. The maximum atomic E-state index is 15.5. The first kappa shape index (κ1) is 42.9. The third-order valence-electron chi connectivity index (χ3n) is 10.6. The number of carbonyl (C=O) groups excluding carboxylic acids is 4. The number of sulfone groups is 1. The highest BCUT2D eigenvalue weighted by Gasteiger charge is 2.58. The van der Waals surface area contributed by atoms with Gasteiger partial charge in [0.25, 0.3) is 0 Å². The fraction of sp³-hybridized carbons (Fsp3) is 0.610. The van der Waals surface area contributed by atoms with Crippen LogP contribution in [0.3, 0.4) is 0 Å². The lowest BCUT2D eigenvalue weighted by Gasteiger charge is -2.47. The van der Waals surface area contributed by atoms with Gasteiger partial charge in [0.15, 0.2) is 9.84 Å². The van der Waals surface area contributed by atoms with Crippen molar-refractivity contribution < 1.29 is 37.4 Å². The quantitative estimate of drug-likeness (QED) is 0.183. The summed E-state index contributed by atoms with van der Waals surface area (Å²) in [7, 11) is -3.70. The molecule has 0 spiro atoms. The van der Waals surface area contributed by atoms with Crippen molar-refractivity contribution >= 4 is 33.5 Å². The second-order valence-electron chi connectivity index (χ2n) is 16.1. The molecule has 13 heteroatoms. The summed E-state index contributed by atoms with van der Waals surface area (Å²) in [6.45, 7) is 9.17. The van der Waals surface area contributed by atoms with Crippen LogP contribution in [-0.2, 0) is 35.4 Å². The molecule has 0 bridgehead atoms. The van der Waals surface area contributed by atoms with Gasteiger partial charge in [0.1, 0.15) is 11.3 Å². The lowest BCUT2D eigenvalue weighted by Crippen LogP contribution is -2.69. The lowest BCUT2D eigenvalue weighted by atomic mass is 9.72. The van der Waals surface area contributed by atoms with Crippen LogP contribution in [0.4, 0.5) is 0 Å². The number of ether oxygens (including phenoxy) is 1. The van der Waals surface area contributed by atoms with Gasteiger partial charge in [0.05, 0.1) is 42.0 Å². The van der Waals surface area contributed by atoms with Gasteiger partial charge >= 0.3 is 0 Å². The van der Waals surface area contributed by atoms with E-state index in [1.165, 1.54) is 25.1 Å². The average molecular weight is 769 g/mol. The summed E-state index contributed by atoms with van der Waals surface area (Å²) in [5.41, 5.74) is 5.75. The van der Waals surface area contributed by atoms with Crippen LogP contribution < -0.4 is 21.1 Å². The van der Waals surface area contributed by atoms with Crippen molar-refractivity contribution in [1.29, 1.82) is 0 Å². The molecule has 0 saturated heterocycles. The molecule has 1 fully saturated rings. The van der Waals surface area contributed by atoms with Gasteiger partial charge in [-0.3, -0.25) is 24.1 Å². The van der Waals surface area contributed by atoms with E-state index < -0.39 is 57.2 Å². The Bertz CT molecular complexity index is 1730. The molecular weight excluding hydrogens is 709 g/mol. The molecule has 5 atom stereocenters. The van der Waals surface area contributed by atoms with Gasteiger partial charge in [-0.1, -0.05) is 90.1 Å². The molecule has 4 rings (SSSR count). The van der Waals surface area contributed by atoms with Crippen molar-refractivity contribution in [2.24, 2.45) is 23.5 Å². The van der Waals surface area contributed by atoms with E-state index in [9.17, 15) is 27.9 Å². The summed E-state index contributed by atoms with van der Waals surface area (Å²) >= 11 is 0. The molecular formula is C41H60N4O8S. The van der Waals surface area contributed by atoms with Crippen LogP contribution in [0.5, 0.6) is 5.75 Å². The number of aliphatic hydroxyl groups excluding tert-OH is 1. The molecule has 1 unspecified atom stereocenters. The van der Waals surface area contributed by atoms with Crippen molar-refractivity contribution in [1.82, 2.24) is 15.5 Å². The van der Waals surface area contributed by atoms with Gasteiger partial charge in [-0.2, -0.15) is 0 Å². The van der Waals surface area contributed by atoms with Crippen LogP contribution in [0.15, 0.2) is 53.4 Å². The summed E-state index contributed by atoms with van der Waals surface area (Å²) in [5, 5.41) is 17.6. The number of hydrogen-bond acceptors (Lipinski definition) is 9. The number of fused-ring (bicyclic) bond motifs is 1. The maximum absolute atomic E-state index is 15.5. The molecule has 1 aliphatic carbocycles. The number of aliphatic hydroxyl groups is 1. The lowest BCUT2D eigenvalue weighted by molar-refractivity contribution is -0.162. The molecule has 5 N–H and O–H groups in total. The standard InChI is InChI=1S/C41H60N4O8S/c1-26(2)23-41(33-25-53-37-18-17-31(21-32(33)37)54(6,51)52,45(28(5)46)39(49)34(42)19-29-13-9-7-10-14-29)40(50)44-35(20-30-15-11-8-12-16-30)36(47)22-38(48)43-24-27(3)4/h7,9-10,13-14,17-18,21,26-27,30,33-36,47H,8,11-12,15-16,19-20,22-25,42H2,1-6H3,(H,43,48)(H,44,50)/t33?,34-,35-,36-,41-/m0/s1. The normalized spacial score (nSPS) is 18.9. The van der Waals surface area contributed by atoms with Crippen molar-refractivity contribution in [3.05, 3.63) is 59.7 Å². The van der Waals surface area contributed by atoms with E-state index in [2.05, 4.69) is 10.6 Å². The Kier molecular flexibility index (Phi) is 14.9. The van der Waals surface area contributed by atoms with E-state index in [4.69, 9.17) is 10.5 Å². The van der Waals surface area contributed by atoms with Crippen LogP contribution in [0, 0.1) is 17.8 Å². The minimum absolute atomic E-state index is 0.00454. The average Bonchev–Trinajstić information content (AvgIpc) is 3.54. The van der Waals surface area contributed by atoms with Crippen molar-refractivity contribution in [3.63, 3.8) is 0 Å². The summed E-state index contributed by atoms with van der Waals surface area (Å²) < 4.78 is 31.7. The number of amides is 4. The number of nitrogens with two attached hydrogens (primary N) is 1. The minimum atomic E-state index is -3.70. The minimum Gasteiger partial charge on any atom is -0.493 e. The first-order chi connectivity index (χ1) is 25.4. The molecule has 0 radical (unpaired) electrons. The number of imide groups is 1. The van der Waals surface area contributed by atoms with E-state index in [0.29, 0.717) is 24.3 Å². The zero-order chi connectivity index (χ0) is 39.8. The summed E-state index contributed by atoms with van der Waals surface area (Å²) in [4.78, 5) is 58.1. The molecule has 4 amide bonds. The van der Waals surface area contributed by atoms with Gasteiger partial charge in [0, 0.05) is 25.3 Å². The number of benzene rings is 2. The Labute approximate surface area is 320 Å². The third-order valence-corrected chi connectivity index (χ3v) is 11.7. The van der Waals surface area contributed by atoms with Crippen LogP contribution >= 0.6 is 0 Å². The van der Waals surface area contributed by atoms with Crippen LogP contribution in [0.2, 0.25) is 0 Å². The number of rotatable bonds is 17. The monoisotopic (exact) mass is 768 g/mol. The van der Waals surface area contributed by atoms with Crippen molar-refractivity contribution in [2.45, 2.75) is 127 Å². The molecule has 1 saturated carbocycles. The van der Waals surface area contributed by atoms with E-state index in [-0.39, 0.29) is 54.4 Å². The molecule has 2 aromatic carbocycles. The van der Waals surface area contributed by atoms with Crippen LogP contribution in [-0.4, -0.2) is 85.2 Å². The molecule has 1 aliphatic heterocycles. The maximum Gasteiger partial charge on any atom is 0.247 e. The number of nitrogens with one attached hydrogen (secondary N) is 2. The van der Waals surface area contributed by atoms with Crippen molar-refractivity contribution in [3.8, 4) is 5.75 Å². The fourth-order valence-corrected chi connectivity index (χ4v) is 8.70. The zero-order valence-corrected chi connectivity index (χ0v) is 33.5. The predicted octanol–water partition coefficient (Wildman–Crippen LogP) is 4.27. The Morgan fingerprint density at radius 1 is 1.00 bits per heavy atom. The first-order valence-electron chi connectivity index (χ1n) is 19.3. The highest BCUT2D eigenvalue weighted by molar-refractivity contribution is 7.90. The second kappa shape index (κ2) is 18.7. The largest absolute Gasteiger partial charge is 0.493 e. The smallest absolute Gasteiger partial charge is 0.247 e. The van der Waals surface area contributed by atoms with E-state index in [0.717, 1.165) is 48.8 Å². The second-order valence-corrected chi connectivity index (χ2v) is 18.2. The Hall–Kier alpha value is -3.81. The predicted molar refractivity (Wildman–Crippen MR) is 207 cm³/mol. The van der Waals surface area contributed by atoms with Gasteiger partial charge in [-0.05, 0) is 60.8 Å². The molecule has 0 aromatic heterocycles. The Morgan fingerprint density at radius 3 is 2.26 bits per heavy atom. The topological polar surface area (TPSA) is 185 Å². The fourth-order valence-electron chi connectivity index (χ4n) is 8.05. The van der Waals surface area contributed by atoms with E-state index in [1.54, 1.807) is 0 Å². The number of carbonyl (C=O) groups is 4. The van der Waals surface area contributed by atoms with Crippen LogP contribution in [0.25, 0.3) is 0 Å². The SMILES string of the molecule is CC(=O)N(C(=O)[C@@H](N)Cc1ccccc1)[C@](CC(C)C)(C(=O)N[C@@H](CC1CCCCC1)[C@@H](O)CC(=O)NCC(C)C)C1COc2ccc(S(C)(=O)=O)cc21. The van der Waals surface area contributed by atoms with Crippen molar-refractivity contribution in [2.75, 3.05) is 19.4 Å². The summed E-state index contributed by atoms with van der Waals surface area (Å²) in [5.74, 6) is -3.13. The number of hydrogen-bond donors (Lipinski definition) is 4. The van der Waals surface area contributed by atoms with Gasteiger partial charge in [-0.15, -0.1) is 0 Å². The summed E-state index contributed by atoms with van der Waals surface area (Å²) in [6, 6.07) is 11.4. The van der Waals surface area contributed by atoms with Gasteiger partial charge in [-0.25, -0.2) is 8.42 Å². The van der Waals surface area contributed by atoms with Gasteiger partial charge in [0.2, 0.25) is 23.6 Å². The van der Waals surface area contributed by atoms with Crippen LogP contribution in [0.1, 0.15) is 103 Å². The highest BCUT2D eigenvalue weighted by atomic mass is 32.2. The van der Waals surface area contributed by atoms with E-state index in [1.807, 2.05) is 58.0 Å². The summed E-state index contributed by atoms with van der Waals surface area (Å²) in [6.07, 6.45) is 4.93. The first-order valence-corrected chi connectivity index (χ1v) is 21.2. The Balaban J connectivity index is 1.87. The molecule has 54 heavy (non-hydrogen) atoms. The highest BCUT2D eigenvalue weighted by Crippen LogP contribution is 2.47. The molecule has 12 nitrogen and oxygen atoms in total. The molecule has 2 aromatic rings. The molecule has 298 valence electrons. The Morgan fingerprint density at radius 2 is 1.67 bits per heavy atom. The molecule has 1 heterocycles. The molecule has 2 aliphatic rings. The van der Waals surface area contributed by atoms with Gasteiger partial charge < -0.3 is 26.2 Å². The van der Waals surface area contributed by atoms with E-state index >= 15 is 4.79 Å². The number of nitrogens with zero attached hydrogens (tertiary/aromatic N) is 1. The third kappa shape index (κ3) is 10.7.